The summed E-state index contributed by atoms with van der Waals surface area (Å²) < 4.78 is 38.7. The van der Waals surface area contributed by atoms with Crippen molar-refractivity contribution in [2.45, 2.75) is 37.8 Å². The smallest absolute Gasteiger partial charge is 0.322 e. The molecule has 5 nitrogen and oxygen atoms in total. The van der Waals surface area contributed by atoms with Gasteiger partial charge in [0, 0.05) is 17.7 Å². The number of piperidine rings is 1. The average Bonchev–Trinajstić information content (AvgIpc) is 2.85. The van der Waals surface area contributed by atoms with E-state index in [0.717, 1.165) is 17.7 Å². The molecular weight excluding hydrogens is 457 g/mol. The molecule has 1 heterocycles. The molecule has 1 aliphatic rings. The molecule has 1 atom stereocenters. The minimum Gasteiger partial charge on any atom is -0.322 e. The number of imide groups is 1. The molecule has 1 fully saturated rings. The second-order valence-corrected chi connectivity index (χ2v) is 8.47. The highest BCUT2D eigenvalue weighted by Gasteiger charge is 2.42. The largest absolute Gasteiger partial charge is 0.416 e. The van der Waals surface area contributed by atoms with Crippen LogP contribution in [0.25, 0.3) is 11.1 Å². The van der Waals surface area contributed by atoms with Gasteiger partial charge in [0.25, 0.3) is 5.91 Å². The van der Waals surface area contributed by atoms with Crippen LogP contribution < -0.4 is 10.6 Å². The summed E-state index contributed by atoms with van der Waals surface area (Å²) in [6.45, 7) is 1.89. The SMILES string of the molecule is CCC1(c2ccc(NC(=O)c3ccccc3-c3ccc(C(F)(F)F)cc3)cc2)CCC(=O)NC1=O. The standard InChI is InChI=1S/C27H23F3N2O3/c1-2-26(16-15-23(33)32-25(26)35)18-11-13-20(14-12-18)31-24(34)22-6-4-3-5-21(22)17-7-9-19(10-8-17)27(28,29)30/h3-14H,2,15-16H2,1H3,(H,31,34)(H,32,33,35). The fourth-order valence-electron chi connectivity index (χ4n) is 4.41. The molecule has 0 spiro atoms. The first-order chi connectivity index (χ1) is 16.6. The summed E-state index contributed by atoms with van der Waals surface area (Å²) in [5.41, 5.74) is 1.00. The predicted molar refractivity (Wildman–Crippen MR) is 126 cm³/mol. The second-order valence-electron chi connectivity index (χ2n) is 8.47. The Labute approximate surface area is 200 Å². The van der Waals surface area contributed by atoms with Crippen LogP contribution in [0.2, 0.25) is 0 Å². The summed E-state index contributed by atoms with van der Waals surface area (Å²) in [5, 5.41) is 5.22. The lowest BCUT2D eigenvalue weighted by atomic mass is 9.72. The number of rotatable bonds is 5. The molecule has 0 aliphatic carbocycles. The van der Waals surface area contributed by atoms with Gasteiger partial charge in [-0.05, 0) is 59.9 Å². The van der Waals surface area contributed by atoms with Gasteiger partial charge in [0.1, 0.15) is 0 Å². The lowest BCUT2D eigenvalue weighted by Crippen LogP contribution is -2.51. The second kappa shape index (κ2) is 9.37. The van der Waals surface area contributed by atoms with Gasteiger partial charge in [0.05, 0.1) is 11.0 Å². The summed E-state index contributed by atoms with van der Waals surface area (Å²) in [7, 11) is 0. The molecule has 1 saturated heterocycles. The first kappa shape index (κ1) is 24.2. The minimum absolute atomic E-state index is 0.263. The highest BCUT2D eigenvalue weighted by Crippen LogP contribution is 2.36. The third-order valence-electron chi connectivity index (χ3n) is 6.46. The van der Waals surface area contributed by atoms with Gasteiger partial charge in [-0.25, -0.2) is 0 Å². The molecule has 180 valence electrons. The molecule has 1 unspecified atom stereocenters. The number of hydrogen-bond donors (Lipinski definition) is 2. The van der Waals surface area contributed by atoms with Gasteiger partial charge >= 0.3 is 6.18 Å². The van der Waals surface area contributed by atoms with Crippen molar-refractivity contribution in [1.29, 1.82) is 0 Å². The van der Waals surface area contributed by atoms with Crippen molar-refractivity contribution >= 4 is 23.4 Å². The zero-order chi connectivity index (χ0) is 25.2. The predicted octanol–water partition coefficient (Wildman–Crippen LogP) is 5.71. The van der Waals surface area contributed by atoms with Crippen molar-refractivity contribution in [3.63, 3.8) is 0 Å². The van der Waals surface area contributed by atoms with E-state index in [-0.39, 0.29) is 18.2 Å². The van der Waals surface area contributed by atoms with E-state index in [4.69, 9.17) is 0 Å². The number of halogens is 3. The number of benzene rings is 3. The van der Waals surface area contributed by atoms with Crippen LogP contribution in [0, 0.1) is 0 Å². The normalized spacial score (nSPS) is 18.2. The maximum atomic E-state index is 13.0. The molecule has 3 aromatic rings. The number of anilines is 1. The minimum atomic E-state index is -4.44. The topological polar surface area (TPSA) is 75.3 Å². The van der Waals surface area contributed by atoms with Gasteiger partial charge in [-0.3, -0.25) is 19.7 Å². The lowest BCUT2D eigenvalue weighted by molar-refractivity contribution is -0.139. The van der Waals surface area contributed by atoms with E-state index in [1.165, 1.54) is 12.1 Å². The Bertz CT molecular complexity index is 1270. The van der Waals surface area contributed by atoms with Crippen LogP contribution in [0.3, 0.4) is 0 Å². The number of carbonyl (C=O) groups excluding carboxylic acids is 3. The molecule has 0 bridgehead atoms. The van der Waals surface area contributed by atoms with Gasteiger partial charge in [-0.15, -0.1) is 0 Å². The summed E-state index contributed by atoms with van der Waals surface area (Å²) in [6.07, 6.45) is -3.23. The Kier molecular flexibility index (Phi) is 6.47. The zero-order valence-electron chi connectivity index (χ0n) is 18.9. The van der Waals surface area contributed by atoms with Crippen molar-refractivity contribution in [2.75, 3.05) is 5.32 Å². The Hall–Kier alpha value is -3.94. The molecule has 2 N–H and O–H groups in total. The first-order valence-electron chi connectivity index (χ1n) is 11.2. The Balaban J connectivity index is 1.55. The monoisotopic (exact) mass is 480 g/mol. The maximum Gasteiger partial charge on any atom is 0.416 e. The average molecular weight is 480 g/mol. The number of hydrogen-bond acceptors (Lipinski definition) is 3. The van der Waals surface area contributed by atoms with E-state index in [1.807, 2.05) is 6.92 Å². The van der Waals surface area contributed by atoms with E-state index < -0.39 is 23.1 Å². The number of amides is 3. The molecule has 8 heteroatoms. The fourth-order valence-corrected chi connectivity index (χ4v) is 4.41. The quantitative estimate of drug-likeness (QED) is 0.460. The Morgan fingerprint density at radius 3 is 2.23 bits per heavy atom. The van der Waals surface area contributed by atoms with E-state index >= 15 is 0 Å². The van der Waals surface area contributed by atoms with Gasteiger partial charge in [-0.2, -0.15) is 13.2 Å². The maximum absolute atomic E-state index is 13.0. The number of nitrogens with one attached hydrogen (secondary N) is 2. The van der Waals surface area contributed by atoms with E-state index in [9.17, 15) is 27.6 Å². The lowest BCUT2D eigenvalue weighted by Gasteiger charge is -2.35. The molecule has 0 aromatic heterocycles. The summed E-state index contributed by atoms with van der Waals surface area (Å²) >= 11 is 0. The number of alkyl halides is 3. The van der Waals surface area contributed by atoms with Gasteiger partial charge < -0.3 is 5.32 Å². The first-order valence-corrected chi connectivity index (χ1v) is 11.2. The molecule has 1 aliphatic heterocycles. The van der Waals surface area contributed by atoms with Crippen LogP contribution in [0.1, 0.15) is 47.7 Å². The van der Waals surface area contributed by atoms with Crippen molar-refractivity contribution in [2.24, 2.45) is 0 Å². The van der Waals surface area contributed by atoms with Crippen LogP contribution in [-0.2, 0) is 21.2 Å². The Morgan fingerprint density at radius 2 is 1.63 bits per heavy atom. The van der Waals surface area contributed by atoms with E-state index in [0.29, 0.717) is 35.2 Å². The van der Waals surface area contributed by atoms with Crippen LogP contribution in [0.15, 0.2) is 72.8 Å². The zero-order valence-corrected chi connectivity index (χ0v) is 18.9. The molecular formula is C27H23F3N2O3. The van der Waals surface area contributed by atoms with Crippen LogP contribution in [-0.4, -0.2) is 17.7 Å². The summed E-state index contributed by atoms with van der Waals surface area (Å²) in [5.74, 6) is -1.02. The van der Waals surface area contributed by atoms with Crippen molar-refractivity contribution in [1.82, 2.24) is 5.32 Å². The van der Waals surface area contributed by atoms with Crippen LogP contribution in [0.4, 0.5) is 18.9 Å². The fraction of sp³-hybridized carbons (Fsp3) is 0.222. The summed E-state index contributed by atoms with van der Waals surface area (Å²) in [6, 6.07) is 18.2. The summed E-state index contributed by atoms with van der Waals surface area (Å²) in [4.78, 5) is 37.2. The molecule has 0 saturated carbocycles. The van der Waals surface area contributed by atoms with Crippen molar-refractivity contribution < 1.29 is 27.6 Å². The highest BCUT2D eigenvalue weighted by atomic mass is 19.4. The molecule has 0 radical (unpaired) electrons. The third-order valence-corrected chi connectivity index (χ3v) is 6.46. The molecule has 4 rings (SSSR count). The van der Waals surface area contributed by atoms with Crippen molar-refractivity contribution in [3.8, 4) is 11.1 Å². The van der Waals surface area contributed by atoms with Crippen LogP contribution in [0.5, 0.6) is 0 Å². The van der Waals surface area contributed by atoms with Crippen molar-refractivity contribution in [3.05, 3.63) is 89.5 Å². The van der Waals surface area contributed by atoms with Gasteiger partial charge in [0.15, 0.2) is 0 Å². The molecule has 3 aromatic carbocycles. The molecule has 35 heavy (non-hydrogen) atoms. The van der Waals surface area contributed by atoms with E-state index in [1.54, 1.807) is 48.5 Å². The van der Waals surface area contributed by atoms with E-state index in [2.05, 4.69) is 10.6 Å². The third kappa shape index (κ3) is 4.82. The number of carbonyl (C=O) groups is 3. The highest BCUT2D eigenvalue weighted by molar-refractivity contribution is 6.09. The van der Waals surface area contributed by atoms with Gasteiger partial charge in [-0.1, -0.05) is 49.4 Å². The van der Waals surface area contributed by atoms with Crippen LogP contribution >= 0.6 is 0 Å². The molecule has 3 amide bonds. The Morgan fingerprint density at radius 1 is 0.971 bits per heavy atom. The van der Waals surface area contributed by atoms with Gasteiger partial charge in [0.2, 0.25) is 11.8 Å².